The van der Waals surface area contributed by atoms with E-state index < -0.39 is 11.8 Å². The first kappa shape index (κ1) is 24.7. The number of amides is 2. The number of hydrogen-bond acceptors (Lipinski definition) is 7. The molecule has 0 spiro atoms. The van der Waals surface area contributed by atoms with Crippen LogP contribution in [0.15, 0.2) is 72.3 Å². The number of carbonyl (C=O) groups is 2. The molecule has 1 heterocycles. The van der Waals surface area contributed by atoms with Crippen LogP contribution >= 0.6 is 12.2 Å². The lowest BCUT2D eigenvalue weighted by atomic mass is 10.1. The first-order valence-electron chi connectivity index (χ1n) is 10.9. The summed E-state index contributed by atoms with van der Waals surface area (Å²) in [5, 5.41) is 2.53. The van der Waals surface area contributed by atoms with E-state index in [0.717, 1.165) is 5.56 Å². The second-order valence-corrected chi connectivity index (χ2v) is 8.07. The van der Waals surface area contributed by atoms with Crippen molar-refractivity contribution < 1.29 is 28.5 Å². The maximum atomic E-state index is 13.5. The smallest absolute Gasteiger partial charge is 0.270 e. The van der Waals surface area contributed by atoms with E-state index in [9.17, 15) is 9.59 Å². The largest absolute Gasteiger partial charge is 0.497 e. The fourth-order valence-corrected chi connectivity index (χ4v) is 3.92. The second-order valence-electron chi connectivity index (χ2n) is 7.68. The Hall–Kier alpha value is -4.37. The highest BCUT2D eigenvalue weighted by molar-refractivity contribution is 7.80. The quantitative estimate of drug-likeness (QED) is 0.281. The first-order valence-corrected chi connectivity index (χ1v) is 11.3. The number of benzene rings is 3. The van der Waals surface area contributed by atoms with Gasteiger partial charge in [-0.05, 0) is 53.7 Å². The Morgan fingerprint density at radius 1 is 0.861 bits per heavy atom. The Morgan fingerprint density at radius 2 is 1.61 bits per heavy atom. The summed E-state index contributed by atoms with van der Waals surface area (Å²) in [7, 11) is 4.54. The normalized spacial score (nSPS) is 14.5. The van der Waals surface area contributed by atoms with E-state index in [0.29, 0.717) is 40.9 Å². The van der Waals surface area contributed by atoms with Crippen LogP contribution in [0.25, 0.3) is 6.08 Å². The molecule has 36 heavy (non-hydrogen) atoms. The third-order valence-corrected chi connectivity index (χ3v) is 5.75. The lowest BCUT2D eigenvalue weighted by Crippen LogP contribution is -2.54. The van der Waals surface area contributed by atoms with Crippen molar-refractivity contribution in [2.45, 2.75) is 6.61 Å². The van der Waals surface area contributed by atoms with Gasteiger partial charge in [-0.15, -0.1) is 0 Å². The topological polar surface area (TPSA) is 86.3 Å². The van der Waals surface area contributed by atoms with Crippen LogP contribution in [-0.4, -0.2) is 38.3 Å². The Bertz CT molecular complexity index is 1340. The maximum absolute atomic E-state index is 13.5. The minimum absolute atomic E-state index is 0.0489. The van der Waals surface area contributed by atoms with Gasteiger partial charge in [0.15, 0.2) is 16.6 Å². The molecule has 0 radical (unpaired) electrons. The average Bonchev–Trinajstić information content (AvgIpc) is 2.90. The van der Waals surface area contributed by atoms with Crippen molar-refractivity contribution >= 4 is 40.9 Å². The van der Waals surface area contributed by atoms with Gasteiger partial charge in [-0.25, -0.2) is 4.90 Å². The number of hydrogen-bond donors (Lipinski definition) is 1. The Balaban J connectivity index is 1.66. The van der Waals surface area contributed by atoms with E-state index in [4.69, 9.17) is 31.2 Å². The Kier molecular flexibility index (Phi) is 7.50. The predicted octanol–water partition coefficient (Wildman–Crippen LogP) is 4.12. The van der Waals surface area contributed by atoms with Crippen LogP contribution in [0.3, 0.4) is 0 Å². The molecule has 184 valence electrons. The molecule has 1 N–H and O–H groups in total. The third kappa shape index (κ3) is 5.16. The van der Waals surface area contributed by atoms with Gasteiger partial charge in [-0.1, -0.05) is 36.4 Å². The fraction of sp³-hybridized carbons (Fsp3) is 0.148. The summed E-state index contributed by atoms with van der Waals surface area (Å²) < 4.78 is 22.0. The van der Waals surface area contributed by atoms with Crippen molar-refractivity contribution in [1.29, 1.82) is 0 Å². The molecule has 9 heteroatoms. The van der Waals surface area contributed by atoms with E-state index in [1.807, 2.05) is 30.3 Å². The van der Waals surface area contributed by atoms with E-state index >= 15 is 0 Å². The Morgan fingerprint density at radius 3 is 2.31 bits per heavy atom. The van der Waals surface area contributed by atoms with E-state index in [1.54, 1.807) is 43.5 Å². The monoisotopic (exact) mass is 504 g/mol. The standard InChI is InChI=1S/C27H24N2O6S/c1-32-19-10-11-21(23(15-19)34-3)29-26(31)20(25(30)28-27(29)36)13-18-9-12-22(33-2)24(14-18)35-16-17-7-5-4-6-8-17/h4-15H,16H2,1-3H3,(H,28,30,36)/b20-13+. The molecule has 1 saturated heterocycles. The van der Waals surface area contributed by atoms with Crippen molar-refractivity contribution in [3.8, 4) is 23.0 Å². The Labute approximate surface area is 214 Å². The van der Waals surface area contributed by atoms with Gasteiger partial charge in [0.05, 0.1) is 27.0 Å². The molecule has 2 amide bonds. The zero-order valence-electron chi connectivity index (χ0n) is 19.9. The molecule has 0 bridgehead atoms. The van der Waals surface area contributed by atoms with Crippen LogP contribution in [0, 0.1) is 0 Å². The summed E-state index contributed by atoms with van der Waals surface area (Å²) in [6.07, 6.45) is 1.48. The van der Waals surface area contributed by atoms with Crippen LogP contribution in [0.4, 0.5) is 5.69 Å². The summed E-state index contributed by atoms with van der Waals surface area (Å²) >= 11 is 5.31. The second kappa shape index (κ2) is 10.9. The van der Waals surface area contributed by atoms with Crippen LogP contribution in [0.1, 0.15) is 11.1 Å². The molecule has 1 fully saturated rings. The van der Waals surface area contributed by atoms with E-state index in [2.05, 4.69) is 5.32 Å². The van der Waals surface area contributed by atoms with Gasteiger partial charge in [0.1, 0.15) is 23.7 Å². The van der Waals surface area contributed by atoms with Gasteiger partial charge < -0.3 is 18.9 Å². The molecule has 8 nitrogen and oxygen atoms in total. The lowest BCUT2D eigenvalue weighted by molar-refractivity contribution is -0.122. The molecule has 1 aliphatic heterocycles. The molecule has 3 aromatic rings. The van der Waals surface area contributed by atoms with Crippen LogP contribution < -0.4 is 29.2 Å². The third-order valence-electron chi connectivity index (χ3n) is 5.47. The summed E-state index contributed by atoms with van der Waals surface area (Å²) in [5.41, 5.74) is 1.84. The van der Waals surface area contributed by atoms with Gasteiger partial charge in [0.25, 0.3) is 11.8 Å². The molecule has 0 saturated carbocycles. The number of nitrogens with one attached hydrogen (secondary N) is 1. The minimum atomic E-state index is -0.601. The zero-order chi connectivity index (χ0) is 25.7. The number of anilines is 1. The highest BCUT2D eigenvalue weighted by Gasteiger charge is 2.36. The van der Waals surface area contributed by atoms with Gasteiger partial charge in [0.2, 0.25) is 0 Å². The number of thiocarbonyl (C=S) groups is 1. The molecular formula is C27H24N2O6S. The van der Waals surface area contributed by atoms with Crippen LogP contribution in [0.2, 0.25) is 0 Å². The number of rotatable bonds is 8. The van der Waals surface area contributed by atoms with Gasteiger partial charge >= 0.3 is 0 Å². The van der Waals surface area contributed by atoms with Gasteiger partial charge in [0, 0.05) is 6.07 Å². The predicted molar refractivity (Wildman–Crippen MR) is 140 cm³/mol. The van der Waals surface area contributed by atoms with Crippen LogP contribution in [-0.2, 0) is 16.2 Å². The molecule has 0 unspecified atom stereocenters. The fourth-order valence-electron chi connectivity index (χ4n) is 3.64. The summed E-state index contributed by atoms with van der Waals surface area (Å²) in [6.45, 7) is 0.329. The van der Waals surface area contributed by atoms with Crippen molar-refractivity contribution in [2.75, 3.05) is 26.2 Å². The van der Waals surface area contributed by atoms with Crippen molar-refractivity contribution in [1.82, 2.24) is 5.32 Å². The molecule has 0 aliphatic carbocycles. The SMILES string of the molecule is COc1ccc(N2C(=O)/C(=C/c3ccc(OC)c(OCc4ccccc4)c3)C(=O)NC2=S)c(OC)c1. The van der Waals surface area contributed by atoms with E-state index in [-0.39, 0.29) is 10.7 Å². The number of ether oxygens (including phenoxy) is 4. The van der Waals surface area contributed by atoms with Crippen LogP contribution in [0.5, 0.6) is 23.0 Å². The van der Waals surface area contributed by atoms with Crippen molar-refractivity contribution in [2.24, 2.45) is 0 Å². The molecule has 3 aromatic carbocycles. The highest BCUT2D eigenvalue weighted by Crippen LogP contribution is 2.35. The zero-order valence-corrected chi connectivity index (χ0v) is 20.8. The lowest BCUT2D eigenvalue weighted by Gasteiger charge is -2.30. The van der Waals surface area contributed by atoms with Crippen molar-refractivity contribution in [3.05, 3.63) is 83.4 Å². The van der Waals surface area contributed by atoms with Gasteiger partial charge in [-0.2, -0.15) is 0 Å². The molecular weight excluding hydrogens is 480 g/mol. The molecule has 1 aliphatic rings. The molecule has 0 aromatic heterocycles. The number of carbonyl (C=O) groups excluding carboxylic acids is 2. The summed E-state index contributed by atoms with van der Waals surface area (Å²) in [5.74, 6) is 0.724. The number of methoxy groups -OCH3 is 3. The van der Waals surface area contributed by atoms with Crippen molar-refractivity contribution in [3.63, 3.8) is 0 Å². The summed E-state index contributed by atoms with van der Waals surface area (Å²) in [4.78, 5) is 27.4. The van der Waals surface area contributed by atoms with Gasteiger partial charge in [-0.3, -0.25) is 14.9 Å². The highest BCUT2D eigenvalue weighted by atomic mass is 32.1. The maximum Gasteiger partial charge on any atom is 0.270 e. The molecule has 0 atom stereocenters. The summed E-state index contributed by atoms with van der Waals surface area (Å²) in [6, 6.07) is 19.8. The first-order chi connectivity index (χ1) is 17.4. The average molecular weight is 505 g/mol. The van der Waals surface area contributed by atoms with E-state index in [1.165, 1.54) is 25.2 Å². The molecule has 4 rings (SSSR count). The minimum Gasteiger partial charge on any atom is -0.497 e. The number of nitrogens with zero attached hydrogens (tertiary/aromatic N) is 1.